The van der Waals surface area contributed by atoms with E-state index in [4.69, 9.17) is 9.47 Å². The van der Waals surface area contributed by atoms with E-state index in [9.17, 15) is 9.90 Å². The summed E-state index contributed by atoms with van der Waals surface area (Å²) in [4.78, 5) is 13.4. The molecule has 0 aromatic heterocycles. The average molecular weight is 279 g/mol. The number of carboxylic acid groups (broad SMARTS) is 1. The zero-order valence-electron chi connectivity index (χ0n) is 12.2. The molecule has 1 aromatic carbocycles. The lowest BCUT2D eigenvalue weighted by Crippen LogP contribution is -2.45. The molecule has 0 amide bonds. The van der Waals surface area contributed by atoms with Gasteiger partial charge in [0.2, 0.25) is 6.79 Å². The Bertz CT molecular complexity index is 499. The van der Waals surface area contributed by atoms with E-state index < -0.39 is 11.5 Å². The molecule has 1 unspecified atom stereocenters. The van der Waals surface area contributed by atoms with Crippen LogP contribution in [-0.2, 0) is 10.3 Å². The first kappa shape index (κ1) is 14.7. The predicted molar refractivity (Wildman–Crippen MR) is 75.1 cm³/mol. The number of rotatable bonds is 6. The molecule has 0 saturated carbocycles. The Kier molecular flexibility index (Phi) is 4.18. The maximum Gasteiger partial charge on any atom is 0.305 e. The van der Waals surface area contributed by atoms with Gasteiger partial charge in [-0.2, -0.15) is 0 Å². The number of benzene rings is 1. The fourth-order valence-corrected chi connectivity index (χ4v) is 2.84. The first-order valence-corrected chi connectivity index (χ1v) is 6.88. The number of hydrogen-bond donors (Lipinski definition) is 1. The third kappa shape index (κ3) is 2.58. The van der Waals surface area contributed by atoms with Crippen molar-refractivity contribution in [3.8, 4) is 11.5 Å². The van der Waals surface area contributed by atoms with Crippen molar-refractivity contribution in [2.75, 3.05) is 19.9 Å². The molecule has 0 radical (unpaired) electrons. The van der Waals surface area contributed by atoms with Gasteiger partial charge in [-0.05, 0) is 37.7 Å². The van der Waals surface area contributed by atoms with Crippen molar-refractivity contribution in [1.29, 1.82) is 0 Å². The van der Waals surface area contributed by atoms with Gasteiger partial charge in [0.15, 0.2) is 11.5 Å². The van der Waals surface area contributed by atoms with Gasteiger partial charge in [0.05, 0.1) is 12.0 Å². The van der Waals surface area contributed by atoms with E-state index in [0.717, 1.165) is 18.7 Å². The van der Waals surface area contributed by atoms with Crippen molar-refractivity contribution in [3.05, 3.63) is 23.8 Å². The van der Waals surface area contributed by atoms with Gasteiger partial charge in [0.1, 0.15) is 0 Å². The normalized spacial score (nSPS) is 16.2. The first-order chi connectivity index (χ1) is 9.51. The smallest absolute Gasteiger partial charge is 0.305 e. The number of carbonyl (C=O) groups is 1. The second-order valence-electron chi connectivity index (χ2n) is 5.08. The summed E-state index contributed by atoms with van der Waals surface area (Å²) in [5, 5.41) is 9.26. The molecule has 0 saturated heterocycles. The topological polar surface area (TPSA) is 59.0 Å². The van der Waals surface area contributed by atoms with E-state index in [1.807, 2.05) is 39.0 Å². The van der Waals surface area contributed by atoms with Crippen LogP contribution in [0.1, 0.15) is 32.8 Å². The highest BCUT2D eigenvalue weighted by Gasteiger charge is 2.35. The molecule has 0 bridgehead atoms. The Balaban J connectivity index is 2.42. The minimum atomic E-state index is -0.808. The van der Waals surface area contributed by atoms with E-state index in [0.29, 0.717) is 11.5 Å². The molecule has 0 spiro atoms. The molecule has 110 valence electrons. The number of fused-ring (bicyclic) bond motifs is 1. The summed E-state index contributed by atoms with van der Waals surface area (Å²) in [6, 6.07) is 5.67. The monoisotopic (exact) mass is 279 g/mol. The summed E-state index contributed by atoms with van der Waals surface area (Å²) in [7, 11) is 0. The maximum absolute atomic E-state index is 11.3. The summed E-state index contributed by atoms with van der Waals surface area (Å²) < 4.78 is 10.7. The van der Waals surface area contributed by atoms with Crippen LogP contribution in [0.5, 0.6) is 11.5 Å². The summed E-state index contributed by atoms with van der Waals surface area (Å²) in [5.41, 5.74) is 0.379. The molecular weight excluding hydrogens is 258 g/mol. The molecule has 20 heavy (non-hydrogen) atoms. The Morgan fingerprint density at radius 3 is 2.55 bits per heavy atom. The Hall–Kier alpha value is -1.75. The number of ether oxygens (including phenoxy) is 2. The zero-order chi connectivity index (χ0) is 14.8. The van der Waals surface area contributed by atoms with Crippen LogP contribution in [0.3, 0.4) is 0 Å². The Labute approximate surface area is 119 Å². The highest BCUT2D eigenvalue weighted by molar-refractivity contribution is 5.69. The van der Waals surface area contributed by atoms with Gasteiger partial charge in [-0.15, -0.1) is 0 Å². The number of hydrogen-bond acceptors (Lipinski definition) is 4. The molecule has 1 atom stereocenters. The third-order valence-electron chi connectivity index (χ3n) is 3.95. The van der Waals surface area contributed by atoms with Gasteiger partial charge in [-0.3, -0.25) is 9.69 Å². The van der Waals surface area contributed by atoms with Gasteiger partial charge in [-0.1, -0.05) is 19.9 Å². The number of aliphatic carboxylic acids is 1. The summed E-state index contributed by atoms with van der Waals surface area (Å²) in [5.74, 6) is 0.592. The van der Waals surface area contributed by atoms with Crippen LogP contribution in [0, 0.1) is 0 Å². The van der Waals surface area contributed by atoms with Crippen LogP contribution in [0.2, 0.25) is 0 Å². The van der Waals surface area contributed by atoms with Gasteiger partial charge < -0.3 is 14.6 Å². The largest absolute Gasteiger partial charge is 0.481 e. The average Bonchev–Trinajstić information content (AvgIpc) is 2.86. The van der Waals surface area contributed by atoms with E-state index in [2.05, 4.69) is 4.90 Å². The first-order valence-electron chi connectivity index (χ1n) is 6.88. The van der Waals surface area contributed by atoms with Crippen LogP contribution in [-0.4, -0.2) is 35.9 Å². The maximum atomic E-state index is 11.3. The molecule has 1 aromatic rings. The lowest BCUT2D eigenvalue weighted by atomic mass is 9.86. The highest BCUT2D eigenvalue weighted by Crippen LogP contribution is 2.39. The number of carboxylic acids is 1. The lowest BCUT2D eigenvalue weighted by Gasteiger charge is -2.40. The fourth-order valence-electron chi connectivity index (χ4n) is 2.84. The standard InChI is InChI=1S/C15H21NO4/c1-4-16(5-2)15(3,9-14(17)18)11-6-7-12-13(8-11)20-10-19-12/h6-8H,4-5,9-10H2,1-3H3,(H,17,18). The van der Waals surface area contributed by atoms with Crippen LogP contribution in [0.15, 0.2) is 18.2 Å². The minimum absolute atomic E-state index is 0.0499. The SMILES string of the molecule is CCN(CC)C(C)(CC(=O)O)c1ccc2c(c1)OCO2. The van der Waals surface area contributed by atoms with E-state index in [1.54, 1.807) is 0 Å². The second kappa shape index (κ2) is 5.71. The number of nitrogens with zero attached hydrogens (tertiary/aromatic N) is 1. The summed E-state index contributed by atoms with van der Waals surface area (Å²) in [6.45, 7) is 7.84. The predicted octanol–water partition coefficient (Wildman–Crippen LogP) is 2.45. The van der Waals surface area contributed by atoms with Crippen molar-refractivity contribution in [1.82, 2.24) is 4.90 Å². The van der Waals surface area contributed by atoms with E-state index in [-0.39, 0.29) is 13.2 Å². The molecule has 0 fully saturated rings. The van der Waals surface area contributed by atoms with E-state index in [1.165, 1.54) is 0 Å². The zero-order valence-corrected chi connectivity index (χ0v) is 12.2. The Morgan fingerprint density at radius 1 is 1.30 bits per heavy atom. The van der Waals surface area contributed by atoms with E-state index >= 15 is 0 Å². The van der Waals surface area contributed by atoms with Crippen LogP contribution >= 0.6 is 0 Å². The minimum Gasteiger partial charge on any atom is -0.481 e. The van der Waals surface area contributed by atoms with Crippen LogP contribution in [0.4, 0.5) is 0 Å². The van der Waals surface area contributed by atoms with Crippen molar-refractivity contribution < 1.29 is 19.4 Å². The molecule has 1 aliphatic rings. The quantitative estimate of drug-likeness (QED) is 0.866. The third-order valence-corrected chi connectivity index (χ3v) is 3.95. The van der Waals surface area contributed by atoms with Crippen molar-refractivity contribution in [2.24, 2.45) is 0 Å². The van der Waals surface area contributed by atoms with Gasteiger partial charge in [0.25, 0.3) is 0 Å². The van der Waals surface area contributed by atoms with Crippen LogP contribution < -0.4 is 9.47 Å². The molecule has 1 N–H and O–H groups in total. The van der Waals surface area contributed by atoms with Crippen molar-refractivity contribution >= 4 is 5.97 Å². The molecule has 0 aliphatic carbocycles. The molecule has 2 rings (SSSR count). The van der Waals surface area contributed by atoms with Crippen molar-refractivity contribution in [3.63, 3.8) is 0 Å². The van der Waals surface area contributed by atoms with Gasteiger partial charge >= 0.3 is 5.97 Å². The van der Waals surface area contributed by atoms with Gasteiger partial charge in [0, 0.05) is 0 Å². The highest BCUT2D eigenvalue weighted by atomic mass is 16.7. The lowest BCUT2D eigenvalue weighted by molar-refractivity contribution is -0.140. The van der Waals surface area contributed by atoms with Crippen molar-refractivity contribution in [2.45, 2.75) is 32.7 Å². The molecule has 5 heteroatoms. The summed E-state index contributed by atoms with van der Waals surface area (Å²) in [6.07, 6.45) is 0.0499. The molecule has 5 nitrogen and oxygen atoms in total. The molecule has 1 heterocycles. The second-order valence-corrected chi connectivity index (χ2v) is 5.08. The molecular formula is C15H21NO4. The molecule has 1 aliphatic heterocycles. The Morgan fingerprint density at radius 2 is 1.95 bits per heavy atom. The van der Waals surface area contributed by atoms with Gasteiger partial charge in [-0.25, -0.2) is 0 Å². The summed E-state index contributed by atoms with van der Waals surface area (Å²) >= 11 is 0. The fraction of sp³-hybridized carbons (Fsp3) is 0.533. The van der Waals surface area contributed by atoms with Crippen LogP contribution in [0.25, 0.3) is 0 Å².